The second-order valence-electron chi connectivity index (χ2n) is 4.45. The number of hydrogen-bond acceptors (Lipinski definition) is 3. The Bertz CT molecular complexity index is 558. The lowest BCUT2D eigenvalue weighted by atomic mass is 10.4. The Hall–Kier alpha value is -1.34. The fraction of sp³-hybridized carbons (Fsp3) is 0.545. The lowest BCUT2D eigenvalue weighted by molar-refractivity contribution is 0.0685. The molecule has 6 nitrogen and oxygen atoms in total. The molecule has 1 aromatic rings. The van der Waals surface area contributed by atoms with Crippen LogP contribution in [0.2, 0.25) is 0 Å². The number of aromatic nitrogens is 1. The van der Waals surface area contributed by atoms with Crippen LogP contribution < -0.4 is 4.72 Å². The highest BCUT2D eigenvalue weighted by Crippen LogP contribution is 2.28. The molecule has 1 fully saturated rings. The molecule has 0 saturated heterocycles. The Kier molecular flexibility index (Phi) is 3.45. The van der Waals surface area contributed by atoms with Crippen LogP contribution in [-0.4, -0.2) is 30.6 Å². The van der Waals surface area contributed by atoms with E-state index in [1.165, 1.54) is 16.8 Å². The maximum atomic E-state index is 12.0. The average molecular weight is 272 g/mol. The summed E-state index contributed by atoms with van der Waals surface area (Å²) < 4.78 is 27.8. The fourth-order valence-corrected chi connectivity index (χ4v) is 2.86. The Balaban J connectivity index is 2.23. The molecule has 1 aliphatic carbocycles. The third kappa shape index (κ3) is 2.73. The molecule has 0 amide bonds. The van der Waals surface area contributed by atoms with Crippen molar-refractivity contribution in [2.24, 2.45) is 5.92 Å². The van der Waals surface area contributed by atoms with Gasteiger partial charge in [-0.1, -0.05) is 0 Å². The van der Waals surface area contributed by atoms with Gasteiger partial charge in [0.05, 0.1) is 0 Å². The third-order valence-electron chi connectivity index (χ3n) is 3.00. The molecule has 0 spiro atoms. The molecule has 18 heavy (non-hydrogen) atoms. The van der Waals surface area contributed by atoms with Crippen molar-refractivity contribution < 1.29 is 18.3 Å². The lowest BCUT2D eigenvalue weighted by Gasteiger charge is -2.03. The van der Waals surface area contributed by atoms with Crippen molar-refractivity contribution >= 4 is 16.0 Å². The van der Waals surface area contributed by atoms with Crippen LogP contribution in [0.1, 0.15) is 30.3 Å². The Morgan fingerprint density at radius 2 is 2.22 bits per heavy atom. The summed E-state index contributed by atoms with van der Waals surface area (Å²) in [6.07, 6.45) is 3.47. The fourth-order valence-electron chi connectivity index (χ4n) is 1.70. The quantitative estimate of drug-likeness (QED) is 0.805. The van der Waals surface area contributed by atoms with Crippen LogP contribution in [0.5, 0.6) is 0 Å². The molecule has 0 aliphatic heterocycles. The van der Waals surface area contributed by atoms with E-state index in [0.29, 0.717) is 19.0 Å². The lowest BCUT2D eigenvalue weighted by Crippen LogP contribution is -2.25. The number of hydrogen-bond donors (Lipinski definition) is 2. The predicted molar refractivity (Wildman–Crippen MR) is 65.0 cm³/mol. The zero-order valence-electron chi connectivity index (χ0n) is 10.1. The first kappa shape index (κ1) is 13.1. The van der Waals surface area contributed by atoms with E-state index in [0.717, 1.165) is 12.8 Å². The monoisotopic (exact) mass is 272 g/mol. The summed E-state index contributed by atoms with van der Waals surface area (Å²) in [5, 5.41) is 8.97. The molecule has 100 valence electrons. The normalized spacial score (nSPS) is 15.8. The average Bonchev–Trinajstić information content (AvgIpc) is 3.02. The van der Waals surface area contributed by atoms with Crippen molar-refractivity contribution in [3.05, 3.63) is 18.0 Å². The molecular weight excluding hydrogens is 256 g/mol. The van der Waals surface area contributed by atoms with E-state index in [-0.39, 0.29) is 10.6 Å². The number of aryl methyl sites for hydroxylation is 1. The van der Waals surface area contributed by atoms with Gasteiger partial charge in [-0.3, -0.25) is 0 Å². The predicted octanol–water partition coefficient (Wildman–Crippen LogP) is 0.894. The number of sulfonamides is 1. The summed E-state index contributed by atoms with van der Waals surface area (Å²) in [4.78, 5) is 11.0. The summed E-state index contributed by atoms with van der Waals surface area (Å²) >= 11 is 0. The van der Waals surface area contributed by atoms with Crippen LogP contribution in [0.4, 0.5) is 0 Å². The third-order valence-corrected chi connectivity index (χ3v) is 4.39. The van der Waals surface area contributed by atoms with Gasteiger partial charge in [-0.05, 0) is 31.7 Å². The van der Waals surface area contributed by atoms with Crippen LogP contribution in [0, 0.1) is 5.92 Å². The summed E-state index contributed by atoms with van der Waals surface area (Å²) in [5.41, 5.74) is -0.00991. The van der Waals surface area contributed by atoms with Gasteiger partial charge in [-0.25, -0.2) is 17.9 Å². The molecule has 1 aromatic heterocycles. The number of carbonyl (C=O) groups is 1. The van der Waals surface area contributed by atoms with E-state index in [9.17, 15) is 13.2 Å². The molecule has 0 unspecified atom stereocenters. The number of nitrogens with one attached hydrogen (secondary N) is 1. The second-order valence-corrected chi connectivity index (χ2v) is 6.21. The molecule has 7 heteroatoms. The highest BCUT2D eigenvalue weighted by atomic mass is 32.2. The summed E-state index contributed by atoms with van der Waals surface area (Å²) in [5.74, 6) is -0.688. The maximum Gasteiger partial charge on any atom is 0.352 e. The van der Waals surface area contributed by atoms with E-state index in [4.69, 9.17) is 5.11 Å². The Labute approximate surface area is 106 Å². The molecule has 0 radical (unpaired) electrons. The van der Waals surface area contributed by atoms with E-state index < -0.39 is 16.0 Å². The van der Waals surface area contributed by atoms with Gasteiger partial charge in [0, 0.05) is 19.3 Å². The summed E-state index contributed by atoms with van der Waals surface area (Å²) in [7, 11) is -3.59. The van der Waals surface area contributed by atoms with Crippen molar-refractivity contribution in [1.29, 1.82) is 0 Å². The van der Waals surface area contributed by atoms with Crippen molar-refractivity contribution in [2.45, 2.75) is 31.2 Å². The van der Waals surface area contributed by atoms with Crippen LogP contribution in [-0.2, 0) is 16.6 Å². The second kappa shape index (κ2) is 4.74. The van der Waals surface area contributed by atoms with Crippen LogP contribution in [0.25, 0.3) is 0 Å². The Morgan fingerprint density at radius 1 is 1.56 bits per heavy atom. The highest BCUT2D eigenvalue weighted by molar-refractivity contribution is 7.89. The number of aromatic carboxylic acids is 1. The van der Waals surface area contributed by atoms with Gasteiger partial charge >= 0.3 is 5.97 Å². The smallest absolute Gasteiger partial charge is 0.352 e. The first-order valence-corrected chi connectivity index (χ1v) is 7.35. The molecule has 0 aromatic carbocycles. The van der Waals surface area contributed by atoms with Gasteiger partial charge < -0.3 is 9.67 Å². The van der Waals surface area contributed by atoms with Gasteiger partial charge in [0.15, 0.2) is 0 Å². The van der Waals surface area contributed by atoms with Crippen LogP contribution in [0.15, 0.2) is 17.2 Å². The summed E-state index contributed by atoms with van der Waals surface area (Å²) in [6.45, 7) is 2.61. The Morgan fingerprint density at radius 3 is 2.67 bits per heavy atom. The molecule has 0 atom stereocenters. The van der Waals surface area contributed by atoms with E-state index >= 15 is 0 Å². The molecule has 0 bridgehead atoms. The minimum absolute atomic E-state index is 0.00991. The largest absolute Gasteiger partial charge is 0.477 e. The minimum atomic E-state index is -3.59. The minimum Gasteiger partial charge on any atom is -0.477 e. The van der Waals surface area contributed by atoms with Gasteiger partial charge in [-0.15, -0.1) is 0 Å². The molecular formula is C11H16N2O4S. The van der Waals surface area contributed by atoms with Gasteiger partial charge in [0.2, 0.25) is 10.0 Å². The van der Waals surface area contributed by atoms with Crippen LogP contribution in [0.3, 0.4) is 0 Å². The molecule has 1 aliphatic rings. The van der Waals surface area contributed by atoms with Crippen molar-refractivity contribution in [1.82, 2.24) is 9.29 Å². The molecule has 2 rings (SSSR count). The van der Waals surface area contributed by atoms with E-state index in [2.05, 4.69) is 4.72 Å². The summed E-state index contributed by atoms with van der Waals surface area (Å²) in [6, 6.07) is 1.20. The number of carboxylic acids is 1. The van der Waals surface area contributed by atoms with Gasteiger partial charge in [0.25, 0.3) is 0 Å². The molecule has 1 heterocycles. The standard InChI is InChI=1S/C11H16N2O4S/c1-2-13-7-9(5-10(13)11(14)15)18(16,17)12-6-8-3-4-8/h5,7-8,12H,2-4,6H2,1H3,(H,14,15). The van der Waals surface area contributed by atoms with E-state index in [1.54, 1.807) is 6.92 Å². The maximum absolute atomic E-state index is 12.0. The number of nitrogens with zero attached hydrogens (tertiary/aromatic N) is 1. The number of carboxylic acid groups (broad SMARTS) is 1. The zero-order valence-corrected chi connectivity index (χ0v) is 10.9. The van der Waals surface area contributed by atoms with Crippen molar-refractivity contribution in [2.75, 3.05) is 6.54 Å². The topological polar surface area (TPSA) is 88.4 Å². The highest BCUT2D eigenvalue weighted by Gasteiger charge is 2.26. The van der Waals surface area contributed by atoms with Gasteiger partial charge in [-0.2, -0.15) is 0 Å². The van der Waals surface area contributed by atoms with E-state index in [1.807, 2.05) is 0 Å². The zero-order chi connectivity index (χ0) is 13.3. The molecule has 2 N–H and O–H groups in total. The van der Waals surface area contributed by atoms with Gasteiger partial charge in [0.1, 0.15) is 10.6 Å². The molecule has 1 saturated carbocycles. The van der Waals surface area contributed by atoms with Crippen molar-refractivity contribution in [3.63, 3.8) is 0 Å². The van der Waals surface area contributed by atoms with Crippen molar-refractivity contribution in [3.8, 4) is 0 Å². The first-order chi connectivity index (χ1) is 8.44. The van der Waals surface area contributed by atoms with Crippen LogP contribution >= 0.6 is 0 Å². The first-order valence-electron chi connectivity index (χ1n) is 5.87. The number of rotatable bonds is 6. The SMILES string of the molecule is CCn1cc(S(=O)(=O)NCC2CC2)cc1C(=O)O.